The number of nitrogens with two attached hydrogens (primary N) is 1. The quantitative estimate of drug-likeness (QED) is 0.343. The van der Waals surface area contributed by atoms with Crippen molar-refractivity contribution in [2.24, 2.45) is 5.73 Å². The van der Waals surface area contributed by atoms with E-state index in [-0.39, 0.29) is 13.2 Å². The van der Waals surface area contributed by atoms with E-state index in [1.807, 2.05) is 0 Å². The van der Waals surface area contributed by atoms with Crippen LogP contribution < -0.4 is 5.73 Å². The molecule has 7 heteroatoms. The molecule has 0 atom stereocenters. The monoisotopic (exact) mass is 299 g/mol. The Hall–Kier alpha value is 0.0300. The summed E-state index contributed by atoms with van der Waals surface area (Å²) in [6, 6.07) is 0. The number of rotatable bonds is 11. The molecule has 0 aliphatic heterocycles. The van der Waals surface area contributed by atoms with E-state index in [0.29, 0.717) is 6.54 Å². The van der Waals surface area contributed by atoms with Gasteiger partial charge in [-0.05, 0) is 6.42 Å². The lowest BCUT2D eigenvalue weighted by Crippen LogP contribution is -2.02. The molecule has 0 amide bonds. The summed E-state index contributed by atoms with van der Waals surface area (Å²) in [6.45, 7) is 2.83. The predicted molar refractivity (Wildman–Crippen MR) is 76.7 cm³/mol. The van der Waals surface area contributed by atoms with Gasteiger partial charge in [0, 0.05) is 6.54 Å². The summed E-state index contributed by atoms with van der Waals surface area (Å²) in [5.41, 5.74) is 4.78. The summed E-state index contributed by atoms with van der Waals surface area (Å²) in [4.78, 5) is 16.8. The smallest absolute Gasteiger partial charge is 0.395 e. The second kappa shape index (κ2) is 16.1. The highest BCUT2D eigenvalue weighted by molar-refractivity contribution is 7.46. The zero-order valence-corrected chi connectivity index (χ0v) is 12.9. The highest BCUT2D eigenvalue weighted by Crippen LogP contribution is 2.35. The minimum atomic E-state index is -4.24. The van der Waals surface area contributed by atoms with E-state index in [1.165, 1.54) is 32.1 Å². The van der Waals surface area contributed by atoms with E-state index in [1.54, 1.807) is 0 Å². The molecule has 0 fully saturated rings. The topological polar surface area (TPSA) is 113 Å². The molecule has 118 valence electrons. The van der Waals surface area contributed by atoms with Crippen LogP contribution in [-0.2, 0) is 9.09 Å². The molecule has 0 saturated heterocycles. The summed E-state index contributed by atoms with van der Waals surface area (Å²) in [7, 11) is -4.24. The van der Waals surface area contributed by atoms with Gasteiger partial charge in [-0.25, -0.2) is 4.57 Å². The summed E-state index contributed by atoms with van der Waals surface area (Å²) in [6.07, 6.45) is 9.22. The molecule has 0 saturated carbocycles. The van der Waals surface area contributed by atoms with Crippen LogP contribution in [0.5, 0.6) is 0 Å². The first-order chi connectivity index (χ1) is 8.97. The predicted octanol–water partition coefficient (Wildman–Crippen LogP) is 2.17. The number of hydrogen-bond donors (Lipinski definition) is 4. The van der Waals surface area contributed by atoms with Crippen molar-refractivity contribution >= 4 is 7.82 Å². The fourth-order valence-electron chi connectivity index (χ4n) is 1.42. The minimum absolute atomic E-state index is 0.0972. The fraction of sp³-hybridized carbons (Fsp3) is 1.00. The Kier molecular flexibility index (Phi) is 18.1. The lowest BCUT2D eigenvalue weighted by molar-refractivity contribution is 0.193. The number of hydrogen-bond acceptors (Lipinski definition) is 4. The van der Waals surface area contributed by atoms with E-state index in [0.717, 1.165) is 19.3 Å². The van der Waals surface area contributed by atoms with Crippen molar-refractivity contribution in [3.8, 4) is 0 Å². The van der Waals surface area contributed by atoms with Gasteiger partial charge in [-0.2, -0.15) is 0 Å². The summed E-state index contributed by atoms with van der Waals surface area (Å²) in [5, 5.41) is 7.75. The van der Waals surface area contributed by atoms with Crippen LogP contribution in [0.15, 0.2) is 0 Å². The molecule has 0 aliphatic rings. The molecule has 0 aliphatic carbocycles. The van der Waals surface area contributed by atoms with E-state index in [9.17, 15) is 4.57 Å². The molecule has 0 aromatic carbocycles. The number of unbranched alkanes of at least 4 members (excludes halogenated alkanes) is 7. The van der Waals surface area contributed by atoms with Crippen molar-refractivity contribution < 1.29 is 24.0 Å². The summed E-state index contributed by atoms with van der Waals surface area (Å²) >= 11 is 0. The Morgan fingerprint density at radius 3 is 1.79 bits per heavy atom. The van der Waals surface area contributed by atoms with E-state index >= 15 is 0 Å². The highest BCUT2D eigenvalue weighted by atomic mass is 31.2. The van der Waals surface area contributed by atoms with Gasteiger partial charge in [0.1, 0.15) is 0 Å². The third-order valence-electron chi connectivity index (χ3n) is 2.39. The molecule has 0 unspecified atom stereocenters. The van der Waals surface area contributed by atoms with E-state index in [2.05, 4.69) is 11.4 Å². The molecule has 0 bridgehead atoms. The van der Waals surface area contributed by atoms with Gasteiger partial charge >= 0.3 is 7.82 Å². The van der Waals surface area contributed by atoms with Crippen molar-refractivity contribution in [2.75, 3.05) is 19.8 Å². The van der Waals surface area contributed by atoms with Gasteiger partial charge in [0.2, 0.25) is 0 Å². The maximum Gasteiger partial charge on any atom is 0.469 e. The Morgan fingerprint density at radius 2 is 1.42 bits per heavy atom. The van der Waals surface area contributed by atoms with Gasteiger partial charge < -0.3 is 20.6 Å². The maximum atomic E-state index is 10.3. The zero-order chi connectivity index (χ0) is 15.0. The molecule has 0 aromatic heterocycles. The molecule has 0 heterocycles. The van der Waals surface area contributed by atoms with Crippen molar-refractivity contribution in [1.82, 2.24) is 0 Å². The van der Waals surface area contributed by atoms with Crippen molar-refractivity contribution in [2.45, 2.75) is 58.3 Å². The van der Waals surface area contributed by atoms with Crippen LogP contribution in [0.25, 0.3) is 0 Å². The van der Waals surface area contributed by atoms with Crippen molar-refractivity contribution in [3.05, 3.63) is 0 Å². The normalized spacial score (nSPS) is 11.0. The minimum Gasteiger partial charge on any atom is -0.395 e. The second-order valence-corrected chi connectivity index (χ2v) is 5.55. The van der Waals surface area contributed by atoms with Gasteiger partial charge in [0.25, 0.3) is 0 Å². The van der Waals surface area contributed by atoms with Gasteiger partial charge in [-0.3, -0.25) is 4.52 Å². The molecule has 5 N–H and O–H groups in total. The SMILES string of the molecule is CCCCCCCCCCOP(=O)(O)O.NCCO. The highest BCUT2D eigenvalue weighted by Gasteiger charge is 2.12. The maximum absolute atomic E-state index is 10.3. The summed E-state index contributed by atoms with van der Waals surface area (Å²) in [5.74, 6) is 0. The van der Waals surface area contributed by atoms with Crippen LogP contribution in [0.4, 0.5) is 0 Å². The Bertz CT molecular complexity index is 208. The first-order valence-corrected chi connectivity index (χ1v) is 8.52. The number of aliphatic hydroxyl groups is 1. The van der Waals surface area contributed by atoms with E-state index < -0.39 is 7.82 Å². The van der Waals surface area contributed by atoms with Gasteiger partial charge in [-0.1, -0.05) is 51.9 Å². The van der Waals surface area contributed by atoms with Crippen LogP contribution in [-0.4, -0.2) is 34.7 Å². The van der Waals surface area contributed by atoms with Crippen LogP contribution in [0, 0.1) is 0 Å². The third-order valence-corrected chi connectivity index (χ3v) is 2.91. The second-order valence-electron chi connectivity index (χ2n) is 4.31. The molecular formula is C12H30NO5P. The fourth-order valence-corrected chi connectivity index (χ4v) is 1.79. The first-order valence-electron chi connectivity index (χ1n) is 6.99. The average Bonchev–Trinajstić information content (AvgIpc) is 2.36. The van der Waals surface area contributed by atoms with Gasteiger partial charge in [-0.15, -0.1) is 0 Å². The van der Waals surface area contributed by atoms with Gasteiger partial charge in [0.15, 0.2) is 0 Å². The Labute approximate surface area is 116 Å². The largest absolute Gasteiger partial charge is 0.469 e. The van der Waals surface area contributed by atoms with Crippen LogP contribution in [0.2, 0.25) is 0 Å². The standard InChI is InChI=1S/C10H23O4P.C2H7NO/c1-2-3-4-5-6-7-8-9-10-14-15(11,12)13;3-1-2-4/h2-10H2,1H3,(H2,11,12,13);4H,1-3H2. The molecule has 6 nitrogen and oxygen atoms in total. The van der Waals surface area contributed by atoms with Crippen LogP contribution in [0.3, 0.4) is 0 Å². The molecule has 0 rings (SSSR count). The molecule has 0 spiro atoms. The molecule has 0 radical (unpaired) electrons. The summed E-state index contributed by atoms with van der Waals surface area (Å²) < 4.78 is 14.7. The average molecular weight is 299 g/mol. The lowest BCUT2D eigenvalue weighted by atomic mass is 10.1. The Balaban J connectivity index is 0. The zero-order valence-electron chi connectivity index (χ0n) is 12.0. The molecule has 0 aromatic rings. The number of phosphoric ester groups is 1. The first kappa shape index (κ1) is 21.3. The van der Waals surface area contributed by atoms with Crippen molar-refractivity contribution in [1.29, 1.82) is 0 Å². The van der Waals surface area contributed by atoms with Crippen molar-refractivity contribution in [3.63, 3.8) is 0 Å². The molecule has 19 heavy (non-hydrogen) atoms. The molecular weight excluding hydrogens is 269 g/mol. The van der Waals surface area contributed by atoms with Gasteiger partial charge in [0.05, 0.1) is 13.2 Å². The van der Waals surface area contributed by atoms with Crippen LogP contribution in [0.1, 0.15) is 58.3 Å². The Morgan fingerprint density at radius 1 is 1.00 bits per heavy atom. The number of phosphoric acid groups is 1. The van der Waals surface area contributed by atoms with Crippen LogP contribution >= 0.6 is 7.82 Å². The third kappa shape index (κ3) is 27.3. The lowest BCUT2D eigenvalue weighted by Gasteiger charge is -2.04. The number of aliphatic hydroxyl groups excluding tert-OH is 1. The van der Waals surface area contributed by atoms with E-state index in [4.69, 9.17) is 20.6 Å².